The van der Waals surface area contributed by atoms with E-state index in [1.54, 1.807) is 0 Å². The van der Waals surface area contributed by atoms with Gasteiger partial charge in [-0.05, 0) is 11.8 Å². The van der Waals surface area contributed by atoms with E-state index in [1.807, 2.05) is 0 Å². The van der Waals surface area contributed by atoms with E-state index in [1.165, 1.54) is 6.21 Å². The van der Waals surface area contributed by atoms with Crippen LogP contribution in [0.5, 0.6) is 0 Å². The van der Waals surface area contributed by atoms with E-state index in [4.69, 9.17) is 5.11 Å². The molecule has 0 saturated carbocycles. The summed E-state index contributed by atoms with van der Waals surface area (Å²) in [6, 6.07) is -0.361. The number of thioether (sulfide) groups is 1. The first-order chi connectivity index (χ1) is 7.87. The number of hydrogen-bond acceptors (Lipinski definition) is 4. The lowest BCUT2D eigenvalue weighted by Crippen LogP contribution is -2.55. The SMILES string of the molecule is O=C(O)N1CC2NN=CC2C(SC(F)(F)F)C1. The minimum Gasteiger partial charge on any atom is -0.465 e. The smallest absolute Gasteiger partial charge is 0.442 e. The van der Waals surface area contributed by atoms with E-state index in [0.29, 0.717) is 0 Å². The molecule has 1 saturated heterocycles. The summed E-state index contributed by atoms with van der Waals surface area (Å²) in [6.07, 6.45) is 0.234. The molecule has 0 aromatic carbocycles. The van der Waals surface area contributed by atoms with Crippen molar-refractivity contribution in [2.45, 2.75) is 16.8 Å². The van der Waals surface area contributed by atoms with Crippen molar-refractivity contribution in [2.24, 2.45) is 11.0 Å². The second-order valence-electron chi connectivity index (χ2n) is 3.88. The maximum absolute atomic E-state index is 12.4. The van der Waals surface area contributed by atoms with Crippen molar-refractivity contribution in [3.05, 3.63) is 0 Å². The minimum atomic E-state index is -4.37. The van der Waals surface area contributed by atoms with E-state index in [2.05, 4.69) is 10.5 Å². The number of carbonyl (C=O) groups is 1. The highest BCUT2D eigenvalue weighted by atomic mass is 32.2. The fourth-order valence-electron chi connectivity index (χ4n) is 2.03. The number of nitrogens with zero attached hydrogens (tertiary/aromatic N) is 2. The molecule has 0 spiro atoms. The lowest BCUT2D eigenvalue weighted by Gasteiger charge is -2.37. The quantitative estimate of drug-likeness (QED) is 0.750. The number of carboxylic acid groups (broad SMARTS) is 1. The second-order valence-corrected chi connectivity index (χ2v) is 5.18. The number of nitrogens with one attached hydrogen (secondary N) is 1. The summed E-state index contributed by atoms with van der Waals surface area (Å²) in [6.45, 7) is 0.0310. The molecule has 0 aliphatic carbocycles. The molecule has 0 aromatic heterocycles. The molecule has 3 unspecified atom stereocenters. The Hall–Kier alpha value is -1.12. The normalized spacial score (nSPS) is 32.2. The molecule has 1 amide bonds. The molecule has 17 heavy (non-hydrogen) atoms. The summed E-state index contributed by atoms with van der Waals surface area (Å²) in [5.74, 6) is -0.378. The van der Waals surface area contributed by atoms with Gasteiger partial charge in [0.1, 0.15) is 0 Å². The Morgan fingerprint density at radius 3 is 2.82 bits per heavy atom. The average molecular weight is 269 g/mol. The summed E-state index contributed by atoms with van der Waals surface area (Å²) in [4.78, 5) is 11.8. The van der Waals surface area contributed by atoms with E-state index < -0.39 is 16.9 Å². The third kappa shape index (κ3) is 2.76. The van der Waals surface area contributed by atoms with Crippen LogP contribution in [0.25, 0.3) is 0 Å². The van der Waals surface area contributed by atoms with Crippen molar-refractivity contribution < 1.29 is 23.1 Å². The number of hydrogen-bond donors (Lipinski definition) is 2. The Morgan fingerprint density at radius 1 is 1.53 bits per heavy atom. The standard InChI is InChI=1S/C8H10F3N3O2S/c9-8(10,11)17-6-3-14(7(15)16)2-5-4(6)1-12-13-5/h1,4-6,13H,2-3H2,(H,15,16). The Bertz CT molecular complexity index is 349. The zero-order valence-electron chi connectivity index (χ0n) is 8.52. The molecular weight excluding hydrogens is 259 g/mol. The topological polar surface area (TPSA) is 64.9 Å². The van der Waals surface area contributed by atoms with Crippen LogP contribution in [-0.2, 0) is 0 Å². The van der Waals surface area contributed by atoms with Gasteiger partial charge in [0.15, 0.2) is 0 Å². The van der Waals surface area contributed by atoms with Gasteiger partial charge in [0.05, 0.1) is 6.04 Å². The highest BCUT2D eigenvalue weighted by Crippen LogP contribution is 2.40. The Morgan fingerprint density at radius 2 is 2.24 bits per heavy atom. The van der Waals surface area contributed by atoms with Gasteiger partial charge in [-0.3, -0.25) is 0 Å². The molecule has 0 bridgehead atoms. The summed E-state index contributed by atoms with van der Waals surface area (Å²) in [5, 5.41) is 11.7. The van der Waals surface area contributed by atoms with Gasteiger partial charge in [-0.1, -0.05) is 0 Å². The van der Waals surface area contributed by atoms with Crippen molar-refractivity contribution >= 4 is 24.1 Å². The summed E-state index contributed by atoms with van der Waals surface area (Å²) in [5.41, 5.74) is -1.73. The molecule has 9 heteroatoms. The fourth-order valence-corrected chi connectivity index (χ4v) is 3.04. The van der Waals surface area contributed by atoms with Gasteiger partial charge in [0.2, 0.25) is 0 Å². The summed E-state index contributed by atoms with van der Waals surface area (Å²) in [7, 11) is 0. The molecular formula is C8H10F3N3O2S. The van der Waals surface area contributed by atoms with Crippen LogP contribution < -0.4 is 5.43 Å². The lowest BCUT2D eigenvalue weighted by molar-refractivity contribution is -0.0341. The Kier molecular flexibility index (Phi) is 3.11. The van der Waals surface area contributed by atoms with Crippen LogP contribution in [0.15, 0.2) is 5.10 Å². The zero-order chi connectivity index (χ0) is 12.6. The van der Waals surface area contributed by atoms with Gasteiger partial charge in [-0.15, -0.1) is 0 Å². The third-order valence-electron chi connectivity index (χ3n) is 2.75. The molecule has 5 nitrogen and oxygen atoms in total. The fraction of sp³-hybridized carbons (Fsp3) is 0.750. The molecule has 2 aliphatic heterocycles. The molecule has 3 atom stereocenters. The highest BCUT2D eigenvalue weighted by molar-refractivity contribution is 8.00. The van der Waals surface area contributed by atoms with Crippen molar-refractivity contribution in [1.29, 1.82) is 0 Å². The molecule has 0 aromatic rings. The van der Waals surface area contributed by atoms with Gasteiger partial charge in [-0.25, -0.2) is 4.79 Å². The predicted molar refractivity (Wildman–Crippen MR) is 55.9 cm³/mol. The summed E-state index contributed by atoms with van der Waals surface area (Å²) >= 11 is -0.161. The number of piperidine rings is 1. The first kappa shape index (κ1) is 12.3. The maximum Gasteiger partial charge on any atom is 0.442 e. The van der Waals surface area contributed by atoms with Crippen LogP contribution in [-0.4, -0.2) is 52.2 Å². The van der Waals surface area contributed by atoms with Gasteiger partial charge in [0, 0.05) is 30.5 Å². The molecule has 1 fully saturated rings. The van der Waals surface area contributed by atoms with E-state index >= 15 is 0 Å². The predicted octanol–water partition coefficient (Wildman–Crippen LogP) is 1.18. The van der Waals surface area contributed by atoms with Gasteiger partial charge >= 0.3 is 11.6 Å². The summed E-state index contributed by atoms with van der Waals surface area (Å²) < 4.78 is 37.1. The Labute approximate surface area is 99.0 Å². The third-order valence-corrected chi connectivity index (χ3v) is 3.79. The molecule has 2 heterocycles. The van der Waals surface area contributed by atoms with Crippen molar-refractivity contribution in [1.82, 2.24) is 10.3 Å². The monoisotopic (exact) mass is 269 g/mol. The van der Waals surface area contributed by atoms with E-state index in [0.717, 1.165) is 4.90 Å². The number of likely N-dealkylation sites (tertiary alicyclic amines) is 1. The van der Waals surface area contributed by atoms with Crippen LogP contribution in [0.2, 0.25) is 0 Å². The van der Waals surface area contributed by atoms with Gasteiger partial charge in [0.25, 0.3) is 0 Å². The molecule has 2 rings (SSSR count). The largest absolute Gasteiger partial charge is 0.465 e. The molecule has 96 valence electrons. The first-order valence-electron chi connectivity index (χ1n) is 4.88. The van der Waals surface area contributed by atoms with E-state index in [9.17, 15) is 18.0 Å². The number of hydrazone groups is 1. The minimum absolute atomic E-state index is 0.131. The van der Waals surface area contributed by atoms with Crippen molar-refractivity contribution in [3.63, 3.8) is 0 Å². The van der Waals surface area contributed by atoms with Crippen LogP contribution in [0.4, 0.5) is 18.0 Å². The highest BCUT2D eigenvalue weighted by Gasteiger charge is 2.45. The molecule has 2 aliphatic rings. The van der Waals surface area contributed by atoms with Crippen LogP contribution >= 0.6 is 11.8 Å². The zero-order valence-corrected chi connectivity index (χ0v) is 9.33. The number of halogens is 3. The molecule has 2 N–H and O–H groups in total. The average Bonchev–Trinajstić information content (AvgIpc) is 2.62. The molecule has 0 radical (unpaired) electrons. The van der Waals surface area contributed by atoms with Crippen LogP contribution in [0, 0.1) is 5.92 Å². The number of alkyl halides is 3. The van der Waals surface area contributed by atoms with E-state index in [-0.39, 0.29) is 36.8 Å². The van der Waals surface area contributed by atoms with Crippen molar-refractivity contribution in [3.8, 4) is 0 Å². The number of amides is 1. The lowest BCUT2D eigenvalue weighted by atomic mass is 9.94. The number of fused-ring (bicyclic) bond motifs is 1. The second kappa shape index (κ2) is 4.28. The Balaban J connectivity index is 2.10. The maximum atomic E-state index is 12.4. The van der Waals surface area contributed by atoms with Gasteiger partial charge in [-0.2, -0.15) is 18.3 Å². The van der Waals surface area contributed by atoms with Crippen LogP contribution in [0.3, 0.4) is 0 Å². The van der Waals surface area contributed by atoms with Crippen molar-refractivity contribution in [2.75, 3.05) is 13.1 Å². The van der Waals surface area contributed by atoms with Crippen LogP contribution in [0.1, 0.15) is 0 Å². The van der Waals surface area contributed by atoms with Gasteiger partial charge < -0.3 is 15.4 Å². The number of rotatable bonds is 1. The first-order valence-corrected chi connectivity index (χ1v) is 5.76.